The Morgan fingerprint density at radius 1 is 1.27 bits per heavy atom. The molecule has 1 aromatic carbocycles. The number of rotatable bonds is 10. The molecule has 0 unspecified atom stereocenters. The van der Waals surface area contributed by atoms with Crippen LogP contribution in [-0.4, -0.2) is 42.4 Å². The molecule has 1 aromatic rings. The molecule has 6 nitrogen and oxygen atoms in total. The molecule has 3 rings (SSSR count). The first-order valence-corrected chi connectivity index (χ1v) is 12.4. The maximum Gasteiger partial charge on any atom is 0.318 e. The summed E-state index contributed by atoms with van der Waals surface area (Å²) in [6, 6.07) is 7.54. The summed E-state index contributed by atoms with van der Waals surface area (Å²) in [4.78, 5) is 41.5. The minimum Gasteiger partial charge on any atom is -0.465 e. The molecule has 0 spiro atoms. The normalized spacial score (nSPS) is 22.2. The molecule has 7 heteroatoms. The predicted molar refractivity (Wildman–Crippen MR) is 128 cm³/mol. The number of carbonyl (C=O) groups excluding carboxylic acids is 3. The van der Waals surface area contributed by atoms with Gasteiger partial charge in [0.2, 0.25) is 11.8 Å². The third kappa shape index (κ3) is 5.60. The molecule has 1 aliphatic heterocycles. The van der Waals surface area contributed by atoms with Crippen molar-refractivity contribution in [1.82, 2.24) is 10.2 Å². The first-order chi connectivity index (χ1) is 15.8. The van der Waals surface area contributed by atoms with Gasteiger partial charge in [-0.05, 0) is 62.6 Å². The van der Waals surface area contributed by atoms with Gasteiger partial charge in [-0.2, -0.15) is 0 Å². The van der Waals surface area contributed by atoms with E-state index in [-0.39, 0.29) is 24.8 Å². The SMILES string of the molecule is CCOC(=O)[C@]12CCCC=C1N(CCc1ccc(Cl)cc1)C(=O)[C@@H]2CC(=O)NCCC(C)C. The summed E-state index contributed by atoms with van der Waals surface area (Å²) in [5.74, 6) is -1.02. The van der Waals surface area contributed by atoms with Gasteiger partial charge in [0, 0.05) is 30.2 Å². The van der Waals surface area contributed by atoms with Gasteiger partial charge in [0.05, 0.1) is 12.5 Å². The number of amides is 2. The van der Waals surface area contributed by atoms with Crippen molar-refractivity contribution in [3.05, 3.63) is 46.6 Å². The summed E-state index contributed by atoms with van der Waals surface area (Å²) >= 11 is 5.99. The average Bonchev–Trinajstić information content (AvgIpc) is 3.02. The number of ether oxygens (including phenoxy) is 1. The van der Waals surface area contributed by atoms with E-state index < -0.39 is 17.3 Å². The molecule has 0 bridgehead atoms. The Hall–Kier alpha value is -2.34. The summed E-state index contributed by atoms with van der Waals surface area (Å²) < 4.78 is 5.48. The van der Waals surface area contributed by atoms with Crippen LogP contribution in [0.2, 0.25) is 5.02 Å². The van der Waals surface area contributed by atoms with Crippen LogP contribution in [0.25, 0.3) is 0 Å². The molecule has 2 aliphatic rings. The van der Waals surface area contributed by atoms with Gasteiger partial charge in [-0.15, -0.1) is 0 Å². The fourth-order valence-corrected chi connectivity index (χ4v) is 5.03. The molecule has 0 saturated carbocycles. The van der Waals surface area contributed by atoms with Crippen molar-refractivity contribution >= 4 is 29.4 Å². The van der Waals surface area contributed by atoms with E-state index in [9.17, 15) is 14.4 Å². The molecule has 1 heterocycles. The summed E-state index contributed by atoms with van der Waals surface area (Å²) in [7, 11) is 0. The highest BCUT2D eigenvalue weighted by atomic mass is 35.5. The summed E-state index contributed by atoms with van der Waals surface area (Å²) in [5, 5.41) is 3.59. The van der Waals surface area contributed by atoms with Crippen molar-refractivity contribution < 1.29 is 19.1 Å². The lowest BCUT2D eigenvalue weighted by molar-refractivity contribution is -0.158. The number of benzene rings is 1. The Bertz CT molecular complexity index is 896. The van der Waals surface area contributed by atoms with E-state index in [4.69, 9.17) is 16.3 Å². The minimum absolute atomic E-state index is 0.00940. The topological polar surface area (TPSA) is 75.7 Å². The van der Waals surface area contributed by atoms with E-state index in [1.165, 1.54) is 0 Å². The summed E-state index contributed by atoms with van der Waals surface area (Å²) in [5.41, 5.74) is 0.687. The summed E-state index contributed by atoms with van der Waals surface area (Å²) in [6.07, 6.45) is 5.59. The Kier molecular flexibility index (Phi) is 8.57. The number of carbonyl (C=O) groups is 3. The zero-order valence-corrected chi connectivity index (χ0v) is 20.6. The quantitative estimate of drug-likeness (QED) is 0.506. The van der Waals surface area contributed by atoms with Crippen LogP contribution in [-0.2, 0) is 25.5 Å². The standard InChI is InChI=1S/C26H35ClN2O4/c1-4-33-25(32)26-14-6-5-7-22(26)29(16-13-19-8-10-20(27)11-9-19)24(31)21(26)17-23(30)28-15-12-18(2)3/h7-11,18,21H,4-6,12-17H2,1-3H3,(H,28,30)/t21-,26-/m0/s1. The van der Waals surface area contributed by atoms with E-state index in [2.05, 4.69) is 19.2 Å². The fourth-order valence-electron chi connectivity index (χ4n) is 4.90. The van der Waals surface area contributed by atoms with E-state index in [0.717, 1.165) is 24.8 Å². The largest absolute Gasteiger partial charge is 0.465 e. The number of likely N-dealkylation sites (tertiary alicyclic amines) is 1. The number of nitrogens with zero attached hydrogens (tertiary/aromatic N) is 1. The lowest BCUT2D eigenvalue weighted by Crippen LogP contribution is -2.43. The first kappa shape index (κ1) is 25.3. The van der Waals surface area contributed by atoms with Crippen molar-refractivity contribution in [3.63, 3.8) is 0 Å². The van der Waals surface area contributed by atoms with E-state index in [0.29, 0.717) is 42.6 Å². The molecule has 1 fully saturated rings. The Balaban J connectivity index is 1.85. The molecule has 2 amide bonds. The van der Waals surface area contributed by atoms with Crippen LogP contribution < -0.4 is 5.32 Å². The van der Waals surface area contributed by atoms with Crippen LogP contribution in [0.15, 0.2) is 36.0 Å². The van der Waals surface area contributed by atoms with Crippen molar-refractivity contribution in [1.29, 1.82) is 0 Å². The van der Waals surface area contributed by atoms with Crippen LogP contribution >= 0.6 is 11.6 Å². The number of hydrogen-bond donors (Lipinski definition) is 1. The zero-order chi connectivity index (χ0) is 24.0. The van der Waals surface area contributed by atoms with Gasteiger partial charge >= 0.3 is 5.97 Å². The number of nitrogens with one attached hydrogen (secondary N) is 1. The number of esters is 1. The molecule has 33 heavy (non-hydrogen) atoms. The second kappa shape index (κ2) is 11.2. The molecule has 0 aromatic heterocycles. The maximum absolute atomic E-state index is 13.7. The first-order valence-electron chi connectivity index (χ1n) is 12.0. The number of halogens is 1. The van der Waals surface area contributed by atoms with Crippen LogP contribution in [0.4, 0.5) is 0 Å². The van der Waals surface area contributed by atoms with Crippen molar-refractivity contribution in [3.8, 4) is 0 Å². The van der Waals surface area contributed by atoms with Crippen LogP contribution in [0.3, 0.4) is 0 Å². The van der Waals surface area contributed by atoms with Gasteiger partial charge in [-0.25, -0.2) is 0 Å². The van der Waals surface area contributed by atoms with Crippen molar-refractivity contribution in [2.75, 3.05) is 19.7 Å². The molecule has 1 saturated heterocycles. The van der Waals surface area contributed by atoms with E-state index in [1.807, 2.05) is 30.3 Å². The highest BCUT2D eigenvalue weighted by Crippen LogP contribution is 2.53. The van der Waals surface area contributed by atoms with Crippen molar-refractivity contribution in [2.24, 2.45) is 17.3 Å². The van der Waals surface area contributed by atoms with E-state index in [1.54, 1.807) is 11.8 Å². The smallest absolute Gasteiger partial charge is 0.318 e. The summed E-state index contributed by atoms with van der Waals surface area (Å²) in [6.45, 7) is 7.20. The zero-order valence-electron chi connectivity index (χ0n) is 19.9. The van der Waals surface area contributed by atoms with E-state index >= 15 is 0 Å². The van der Waals surface area contributed by atoms with Crippen LogP contribution in [0.1, 0.15) is 58.4 Å². The second-order valence-corrected chi connectivity index (χ2v) is 9.77. The minimum atomic E-state index is -1.08. The Morgan fingerprint density at radius 2 is 2.00 bits per heavy atom. The monoisotopic (exact) mass is 474 g/mol. The molecule has 1 N–H and O–H groups in total. The molecule has 2 atom stereocenters. The predicted octanol–water partition coefficient (Wildman–Crippen LogP) is 4.51. The van der Waals surface area contributed by atoms with Gasteiger partial charge in [-0.1, -0.05) is 43.7 Å². The number of hydrogen-bond acceptors (Lipinski definition) is 4. The lowest BCUT2D eigenvalue weighted by atomic mass is 9.68. The van der Waals surface area contributed by atoms with Gasteiger partial charge in [-0.3, -0.25) is 14.4 Å². The van der Waals surface area contributed by atoms with Gasteiger partial charge in [0.25, 0.3) is 0 Å². The molecular formula is C26H35ClN2O4. The third-order valence-corrected chi connectivity index (χ3v) is 6.88. The average molecular weight is 475 g/mol. The number of fused-ring (bicyclic) bond motifs is 1. The van der Waals surface area contributed by atoms with Gasteiger partial charge in [0.1, 0.15) is 5.41 Å². The Morgan fingerprint density at radius 3 is 2.67 bits per heavy atom. The highest BCUT2D eigenvalue weighted by molar-refractivity contribution is 6.30. The third-order valence-electron chi connectivity index (χ3n) is 6.63. The van der Waals surface area contributed by atoms with Crippen LogP contribution in [0, 0.1) is 17.3 Å². The molecule has 1 aliphatic carbocycles. The van der Waals surface area contributed by atoms with Gasteiger partial charge in [0.15, 0.2) is 0 Å². The fraction of sp³-hybridized carbons (Fsp3) is 0.577. The lowest BCUT2D eigenvalue weighted by Gasteiger charge is -2.35. The van der Waals surface area contributed by atoms with Gasteiger partial charge < -0.3 is 15.0 Å². The number of allylic oxidation sites excluding steroid dienone is 1. The molecule has 180 valence electrons. The highest BCUT2D eigenvalue weighted by Gasteiger charge is 2.61. The van der Waals surface area contributed by atoms with Crippen LogP contribution in [0.5, 0.6) is 0 Å². The Labute approximate surface area is 201 Å². The molecule has 0 radical (unpaired) electrons. The molecular weight excluding hydrogens is 440 g/mol. The second-order valence-electron chi connectivity index (χ2n) is 9.33. The maximum atomic E-state index is 13.7. The van der Waals surface area contributed by atoms with Crippen molar-refractivity contribution in [2.45, 2.75) is 59.3 Å².